The Kier molecular flexibility index (Phi) is 6.11. The summed E-state index contributed by atoms with van der Waals surface area (Å²) in [7, 11) is 0. The van der Waals surface area contributed by atoms with Crippen LogP contribution in [0, 0.1) is 0 Å². The monoisotopic (exact) mass is 430 g/mol. The smallest absolute Gasteiger partial charge is 0.331 e. The lowest BCUT2D eigenvalue weighted by molar-refractivity contribution is 0.0903. The third kappa shape index (κ3) is 4.16. The van der Waals surface area contributed by atoms with Gasteiger partial charge in [-0.1, -0.05) is 66.7 Å². The van der Waals surface area contributed by atoms with Crippen LogP contribution in [0.15, 0.2) is 88.5 Å². The van der Waals surface area contributed by atoms with Gasteiger partial charge in [0.05, 0.1) is 30.1 Å². The van der Waals surface area contributed by atoms with Gasteiger partial charge in [-0.25, -0.2) is 4.79 Å². The topological polar surface area (TPSA) is 102 Å². The molecule has 0 aliphatic carbocycles. The van der Waals surface area contributed by atoms with E-state index in [-0.39, 0.29) is 18.9 Å². The quantitative estimate of drug-likeness (QED) is 0.438. The molecule has 0 amide bonds. The SMILES string of the molecule is O=C(CO)c1ccc(Cn2c(=O)n(CC(O)c3ccccc3)c(=O)c3ccccc32)cc1. The molecule has 0 radical (unpaired) electrons. The third-order valence-corrected chi connectivity index (χ3v) is 5.43. The molecule has 0 aliphatic heterocycles. The number of para-hydroxylation sites is 1. The van der Waals surface area contributed by atoms with Crippen molar-refractivity contribution in [2.45, 2.75) is 19.2 Å². The molecule has 0 aliphatic rings. The number of Topliss-reactive ketones (excluding diaryl/α,β-unsaturated/α-hetero) is 1. The van der Waals surface area contributed by atoms with Gasteiger partial charge in [0, 0.05) is 5.56 Å². The predicted octanol–water partition coefficient (Wildman–Crippen LogP) is 2.12. The van der Waals surface area contributed by atoms with E-state index in [0.717, 1.165) is 10.1 Å². The first-order valence-electron chi connectivity index (χ1n) is 10.2. The molecule has 162 valence electrons. The molecule has 1 unspecified atom stereocenters. The summed E-state index contributed by atoms with van der Waals surface area (Å²) in [6, 6.07) is 22.3. The van der Waals surface area contributed by atoms with Crippen LogP contribution in [0.3, 0.4) is 0 Å². The van der Waals surface area contributed by atoms with Crippen molar-refractivity contribution in [3.8, 4) is 0 Å². The molecule has 4 rings (SSSR count). The number of hydrogen-bond acceptors (Lipinski definition) is 5. The van der Waals surface area contributed by atoms with Crippen LogP contribution < -0.4 is 11.2 Å². The average Bonchev–Trinajstić information content (AvgIpc) is 2.84. The normalized spacial score (nSPS) is 12.1. The van der Waals surface area contributed by atoms with Crippen LogP contribution in [0.25, 0.3) is 10.9 Å². The molecule has 1 aromatic heterocycles. The molecule has 3 aromatic carbocycles. The number of aliphatic hydroxyl groups is 2. The molecule has 0 spiro atoms. The van der Waals surface area contributed by atoms with Crippen molar-refractivity contribution >= 4 is 16.7 Å². The lowest BCUT2D eigenvalue weighted by Gasteiger charge is -2.17. The third-order valence-electron chi connectivity index (χ3n) is 5.43. The zero-order valence-electron chi connectivity index (χ0n) is 17.2. The molecule has 7 nitrogen and oxygen atoms in total. The van der Waals surface area contributed by atoms with Crippen LogP contribution in [-0.4, -0.2) is 31.7 Å². The van der Waals surface area contributed by atoms with Crippen molar-refractivity contribution < 1.29 is 15.0 Å². The van der Waals surface area contributed by atoms with Gasteiger partial charge in [-0.15, -0.1) is 0 Å². The van der Waals surface area contributed by atoms with Gasteiger partial charge in [-0.3, -0.25) is 18.7 Å². The number of benzene rings is 3. The highest BCUT2D eigenvalue weighted by atomic mass is 16.3. The van der Waals surface area contributed by atoms with Crippen molar-refractivity contribution in [2.24, 2.45) is 0 Å². The molecule has 0 fully saturated rings. The summed E-state index contributed by atoms with van der Waals surface area (Å²) in [5, 5.41) is 20.0. The largest absolute Gasteiger partial charge is 0.388 e. The highest BCUT2D eigenvalue weighted by molar-refractivity contribution is 5.96. The number of hydrogen-bond donors (Lipinski definition) is 2. The maximum Gasteiger partial charge on any atom is 0.331 e. The van der Waals surface area contributed by atoms with Gasteiger partial charge in [0.15, 0.2) is 5.78 Å². The van der Waals surface area contributed by atoms with Gasteiger partial charge in [0.25, 0.3) is 5.56 Å². The van der Waals surface area contributed by atoms with E-state index in [1.807, 2.05) is 6.07 Å². The van der Waals surface area contributed by atoms with Crippen molar-refractivity contribution in [1.29, 1.82) is 0 Å². The van der Waals surface area contributed by atoms with Gasteiger partial charge in [-0.05, 0) is 23.3 Å². The first kappa shape index (κ1) is 21.4. The Labute approximate surface area is 183 Å². The average molecular weight is 430 g/mol. The second-order valence-electron chi connectivity index (χ2n) is 7.51. The fourth-order valence-corrected chi connectivity index (χ4v) is 3.71. The summed E-state index contributed by atoms with van der Waals surface area (Å²) in [6.07, 6.45) is -1.01. The maximum atomic E-state index is 13.3. The van der Waals surface area contributed by atoms with E-state index >= 15 is 0 Å². The number of aromatic nitrogens is 2. The molecule has 0 saturated carbocycles. The van der Waals surface area contributed by atoms with E-state index in [2.05, 4.69) is 0 Å². The molecule has 32 heavy (non-hydrogen) atoms. The van der Waals surface area contributed by atoms with E-state index in [9.17, 15) is 19.5 Å². The molecule has 0 saturated heterocycles. The first-order chi connectivity index (χ1) is 15.5. The number of nitrogens with zero attached hydrogens (tertiary/aromatic N) is 2. The minimum Gasteiger partial charge on any atom is -0.388 e. The molecule has 0 bridgehead atoms. The number of fused-ring (bicyclic) bond motifs is 1. The Balaban J connectivity index is 1.77. The highest BCUT2D eigenvalue weighted by Crippen LogP contribution is 2.15. The van der Waals surface area contributed by atoms with Crippen molar-refractivity contribution in [3.63, 3.8) is 0 Å². The Morgan fingerprint density at radius 2 is 1.50 bits per heavy atom. The number of ketones is 1. The lowest BCUT2D eigenvalue weighted by atomic mass is 10.1. The Morgan fingerprint density at radius 3 is 2.19 bits per heavy atom. The zero-order valence-corrected chi connectivity index (χ0v) is 17.2. The Morgan fingerprint density at radius 1 is 0.844 bits per heavy atom. The van der Waals surface area contributed by atoms with Crippen LogP contribution in [0.1, 0.15) is 27.6 Å². The van der Waals surface area contributed by atoms with Crippen LogP contribution in [-0.2, 0) is 13.1 Å². The van der Waals surface area contributed by atoms with Gasteiger partial charge < -0.3 is 10.2 Å². The lowest BCUT2D eigenvalue weighted by Crippen LogP contribution is -2.41. The standard InChI is InChI=1S/C25H22N2O5/c28-16-23(30)19-12-10-17(11-13-19)14-26-21-9-5-4-8-20(21)24(31)27(25(26)32)15-22(29)18-6-2-1-3-7-18/h1-13,22,28-29H,14-16H2. The van der Waals surface area contributed by atoms with Gasteiger partial charge in [-0.2, -0.15) is 0 Å². The summed E-state index contributed by atoms with van der Waals surface area (Å²) >= 11 is 0. The minimum absolute atomic E-state index is 0.170. The van der Waals surface area contributed by atoms with E-state index in [1.54, 1.807) is 72.8 Å². The van der Waals surface area contributed by atoms with E-state index in [0.29, 0.717) is 22.0 Å². The fourth-order valence-electron chi connectivity index (χ4n) is 3.71. The van der Waals surface area contributed by atoms with Crippen LogP contribution in [0.4, 0.5) is 0 Å². The molecular weight excluding hydrogens is 408 g/mol. The van der Waals surface area contributed by atoms with Crippen LogP contribution in [0.5, 0.6) is 0 Å². The Hall–Kier alpha value is -3.81. The first-order valence-corrected chi connectivity index (χ1v) is 10.2. The fraction of sp³-hybridized carbons (Fsp3) is 0.160. The number of aliphatic hydroxyl groups excluding tert-OH is 2. The molecule has 2 N–H and O–H groups in total. The molecule has 7 heteroatoms. The Bertz CT molecular complexity index is 1370. The minimum atomic E-state index is -1.01. The van der Waals surface area contributed by atoms with E-state index in [4.69, 9.17) is 5.11 Å². The summed E-state index contributed by atoms with van der Waals surface area (Å²) in [6.45, 7) is -0.566. The summed E-state index contributed by atoms with van der Waals surface area (Å²) in [5.41, 5.74) is 1.25. The van der Waals surface area contributed by atoms with Gasteiger partial charge >= 0.3 is 5.69 Å². The van der Waals surface area contributed by atoms with E-state index < -0.39 is 24.0 Å². The molecule has 4 aromatic rings. The highest BCUT2D eigenvalue weighted by Gasteiger charge is 2.17. The zero-order chi connectivity index (χ0) is 22.7. The number of carbonyl (C=O) groups is 1. The van der Waals surface area contributed by atoms with Crippen LogP contribution in [0.2, 0.25) is 0 Å². The molecule has 1 heterocycles. The van der Waals surface area contributed by atoms with Crippen molar-refractivity contribution in [1.82, 2.24) is 9.13 Å². The molecular formula is C25H22N2O5. The second kappa shape index (κ2) is 9.13. The van der Waals surface area contributed by atoms with Gasteiger partial charge in [0.2, 0.25) is 0 Å². The van der Waals surface area contributed by atoms with Gasteiger partial charge in [0.1, 0.15) is 6.61 Å². The summed E-state index contributed by atoms with van der Waals surface area (Å²) in [4.78, 5) is 38.0. The summed E-state index contributed by atoms with van der Waals surface area (Å²) in [5.74, 6) is -0.386. The van der Waals surface area contributed by atoms with Crippen LogP contribution >= 0.6 is 0 Å². The van der Waals surface area contributed by atoms with E-state index in [1.165, 1.54) is 4.57 Å². The second-order valence-corrected chi connectivity index (χ2v) is 7.51. The maximum absolute atomic E-state index is 13.3. The number of rotatable bonds is 7. The molecule has 1 atom stereocenters. The van der Waals surface area contributed by atoms with Crippen molar-refractivity contribution in [3.05, 3.63) is 116 Å². The number of carbonyl (C=O) groups excluding carboxylic acids is 1. The summed E-state index contributed by atoms with van der Waals surface area (Å²) < 4.78 is 2.54. The van der Waals surface area contributed by atoms with Crippen molar-refractivity contribution in [2.75, 3.05) is 6.61 Å². The predicted molar refractivity (Wildman–Crippen MR) is 121 cm³/mol.